The Kier molecular flexibility index (Phi) is 11.2. The van der Waals surface area contributed by atoms with E-state index in [0.717, 1.165) is 6.42 Å². The molecule has 3 heteroatoms. The fraction of sp³-hybridized carbons (Fsp3) is 0.500. The molecule has 138 valence electrons. The highest BCUT2D eigenvalue weighted by molar-refractivity contribution is 5.95. The summed E-state index contributed by atoms with van der Waals surface area (Å²) in [7, 11) is 0. The second-order valence-corrected chi connectivity index (χ2v) is 6.45. The molecule has 0 amide bonds. The zero-order valence-electron chi connectivity index (χ0n) is 15.4. The fourth-order valence-electron chi connectivity index (χ4n) is 2.84. The average Bonchev–Trinajstić information content (AvgIpc) is 2.58. The van der Waals surface area contributed by atoms with Gasteiger partial charge in [0.15, 0.2) is 0 Å². The molecule has 2 N–H and O–H groups in total. The smallest absolute Gasteiger partial charge is 0.340 e. The van der Waals surface area contributed by atoms with Crippen LogP contribution in [0.4, 0.5) is 0 Å². The Hall–Kier alpha value is -2.03. The Bertz CT molecular complexity index is 558. The number of carboxylic acids is 1. The van der Waals surface area contributed by atoms with Crippen LogP contribution in [-0.4, -0.2) is 16.2 Å². The average molecular weight is 344 g/mol. The number of phenols is 1. The van der Waals surface area contributed by atoms with Gasteiger partial charge in [-0.15, -0.1) is 0 Å². The van der Waals surface area contributed by atoms with Crippen LogP contribution in [0.15, 0.2) is 36.4 Å². The first-order valence-electron chi connectivity index (χ1n) is 9.55. The number of allylic oxidation sites excluding steroid dienone is 3. The molecule has 0 spiro atoms. The zero-order chi connectivity index (χ0) is 18.3. The van der Waals surface area contributed by atoms with Gasteiger partial charge in [-0.3, -0.25) is 0 Å². The van der Waals surface area contributed by atoms with Crippen LogP contribution in [0.25, 0.3) is 6.08 Å². The molecule has 0 aliphatic rings. The molecule has 0 aliphatic carbocycles. The summed E-state index contributed by atoms with van der Waals surface area (Å²) >= 11 is 0. The second-order valence-electron chi connectivity index (χ2n) is 6.45. The lowest BCUT2D eigenvalue weighted by Gasteiger charge is -2.02. The first kappa shape index (κ1) is 21.0. The Balaban J connectivity index is 2.19. The van der Waals surface area contributed by atoms with Crippen molar-refractivity contribution in [3.05, 3.63) is 47.6 Å². The predicted octanol–water partition coefficient (Wildman–Crippen LogP) is 6.58. The van der Waals surface area contributed by atoms with E-state index < -0.39 is 5.97 Å². The van der Waals surface area contributed by atoms with Crippen molar-refractivity contribution in [2.45, 2.75) is 71.1 Å². The maximum atomic E-state index is 11.2. The normalized spacial score (nSPS) is 11.6. The lowest BCUT2D eigenvalue weighted by Crippen LogP contribution is -1.99. The summed E-state index contributed by atoms with van der Waals surface area (Å²) in [6.45, 7) is 2.25. The maximum absolute atomic E-state index is 11.2. The molecule has 3 nitrogen and oxygen atoms in total. The van der Waals surface area contributed by atoms with Crippen LogP contribution in [0.1, 0.15) is 87.1 Å². The van der Waals surface area contributed by atoms with Crippen molar-refractivity contribution in [2.75, 3.05) is 0 Å². The standard InChI is InChI=1S/C22H32O3/c1-2-3-4-5-6-7-8-9-10-11-12-13-14-16-19-17-15-18-20(23)21(19)22(24)25/h12-18,23H,2-11H2,1H3,(H,24,25). The molecule has 1 rings (SSSR count). The minimum Gasteiger partial charge on any atom is -0.507 e. The first-order valence-corrected chi connectivity index (χ1v) is 9.55. The van der Waals surface area contributed by atoms with Crippen molar-refractivity contribution in [1.82, 2.24) is 0 Å². The summed E-state index contributed by atoms with van der Waals surface area (Å²) in [5, 5.41) is 18.8. The van der Waals surface area contributed by atoms with Crippen LogP contribution in [0.3, 0.4) is 0 Å². The number of rotatable bonds is 13. The molecular formula is C22H32O3. The van der Waals surface area contributed by atoms with E-state index in [2.05, 4.69) is 13.0 Å². The van der Waals surface area contributed by atoms with Crippen molar-refractivity contribution in [3.8, 4) is 5.75 Å². The summed E-state index contributed by atoms with van der Waals surface area (Å²) in [6.07, 6.45) is 20.6. The van der Waals surface area contributed by atoms with Gasteiger partial charge >= 0.3 is 5.97 Å². The molecule has 0 aromatic heterocycles. The molecular weight excluding hydrogens is 312 g/mol. The number of benzene rings is 1. The molecule has 0 atom stereocenters. The molecule has 1 aromatic rings. The molecule has 0 fully saturated rings. The number of hydrogen-bond donors (Lipinski definition) is 2. The van der Waals surface area contributed by atoms with Crippen LogP contribution in [0, 0.1) is 0 Å². The van der Waals surface area contributed by atoms with Gasteiger partial charge in [-0.05, 0) is 24.5 Å². The van der Waals surface area contributed by atoms with Crippen LogP contribution in [0.2, 0.25) is 0 Å². The van der Waals surface area contributed by atoms with Crippen molar-refractivity contribution in [1.29, 1.82) is 0 Å². The van der Waals surface area contributed by atoms with Gasteiger partial charge in [-0.25, -0.2) is 4.79 Å². The summed E-state index contributed by atoms with van der Waals surface area (Å²) in [4.78, 5) is 11.2. The van der Waals surface area contributed by atoms with Crippen molar-refractivity contribution < 1.29 is 15.0 Å². The molecule has 0 saturated carbocycles. The van der Waals surface area contributed by atoms with E-state index in [-0.39, 0.29) is 11.3 Å². The fourth-order valence-corrected chi connectivity index (χ4v) is 2.84. The number of aromatic hydroxyl groups is 1. The van der Waals surface area contributed by atoms with E-state index >= 15 is 0 Å². The van der Waals surface area contributed by atoms with Gasteiger partial charge in [-0.1, -0.05) is 94.7 Å². The highest BCUT2D eigenvalue weighted by atomic mass is 16.4. The molecule has 0 bridgehead atoms. The second kappa shape index (κ2) is 13.3. The summed E-state index contributed by atoms with van der Waals surface area (Å²) in [5.74, 6) is -1.32. The maximum Gasteiger partial charge on any atom is 0.340 e. The topological polar surface area (TPSA) is 57.5 Å². The lowest BCUT2D eigenvalue weighted by atomic mass is 10.1. The lowest BCUT2D eigenvalue weighted by molar-refractivity contribution is 0.0693. The van der Waals surface area contributed by atoms with E-state index in [0.29, 0.717) is 5.56 Å². The van der Waals surface area contributed by atoms with Gasteiger partial charge in [0.1, 0.15) is 11.3 Å². The van der Waals surface area contributed by atoms with Gasteiger partial charge < -0.3 is 10.2 Å². The van der Waals surface area contributed by atoms with E-state index in [9.17, 15) is 9.90 Å². The summed E-state index contributed by atoms with van der Waals surface area (Å²) in [6, 6.07) is 4.72. The van der Waals surface area contributed by atoms with Crippen LogP contribution < -0.4 is 0 Å². The van der Waals surface area contributed by atoms with Crippen molar-refractivity contribution in [2.24, 2.45) is 0 Å². The van der Waals surface area contributed by atoms with Crippen LogP contribution in [-0.2, 0) is 0 Å². The molecule has 1 aromatic carbocycles. The zero-order valence-corrected chi connectivity index (χ0v) is 15.4. The third-order valence-electron chi connectivity index (χ3n) is 4.29. The van der Waals surface area contributed by atoms with Crippen molar-refractivity contribution >= 4 is 12.0 Å². The minimum atomic E-state index is -1.11. The van der Waals surface area contributed by atoms with Gasteiger partial charge in [0.25, 0.3) is 0 Å². The Morgan fingerprint density at radius 1 is 0.960 bits per heavy atom. The third kappa shape index (κ3) is 9.13. The number of carbonyl (C=O) groups is 1. The molecule has 0 unspecified atom stereocenters. The monoisotopic (exact) mass is 344 g/mol. The largest absolute Gasteiger partial charge is 0.507 e. The number of unbranched alkanes of at least 4 members (excludes halogenated alkanes) is 9. The van der Waals surface area contributed by atoms with Crippen molar-refractivity contribution in [3.63, 3.8) is 0 Å². The van der Waals surface area contributed by atoms with E-state index in [1.54, 1.807) is 18.2 Å². The van der Waals surface area contributed by atoms with Gasteiger partial charge in [-0.2, -0.15) is 0 Å². The van der Waals surface area contributed by atoms with Crippen LogP contribution >= 0.6 is 0 Å². The molecule has 0 aliphatic heterocycles. The van der Waals surface area contributed by atoms with E-state index in [4.69, 9.17) is 5.11 Å². The highest BCUT2D eigenvalue weighted by Gasteiger charge is 2.12. The van der Waals surface area contributed by atoms with Gasteiger partial charge in [0.2, 0.25) is 0 Å². The predicted molar refractivity (Wildman–Crippen MR) is 105 cm³/mol. The first-order chi connectivity index (χ1) is 12.2. The number of aromatic carboxylic acids is 1. The minimum absolute atomic E-state index is 0.0499. The van der Waals surface area contributed by atoms with E-state index in [1.807, 2.05) is 12.2 Å². The molecule has 0 saturated heterocycles. The van der Waals surface area contributed by atoms with E-state index in [1.165, 1.54) is 63.9 Å². The Morgan fingerprint density at radius 3 is 2.24 bits per heavy atom. The van der Waals surface area contributed by atoms with Gasteiger partial charge in [0, 0.05) is 0 Å². The Morgan fingerprint density at radius 2 is 1.60 bits per heavy atom. The Labute approximate surface area is 152 Å². The van der Waals surface area contributed by atoms with Gasteiger partial charge in [0.05, 0.1) is 0 Å². The number of hydrogen-bond acceptors (Lipinski definition) is 2. The third-order valence-corrected chi connectivity index (χ3v) is 4.29. The quantitative estimate of drug-likeness (QED) is 0.314. The summed E-state index contributed by atoms with van der Waals surface area (Å²) < 4.78 is 0. The molecule has 0 radical (unpaired) electrons. The number of carboxylic acid groups (broad SMARTS) is 1. The SMILES string of the molecule is CCCCCCCCCCCC=CC=Cc1cccc(O)c1C(=O)O. The summed E-state index contributed by atoms with van der Waals surface area (Å²) in [5.41, 5.74) is 0.464. The highest BCUT2D eigenvalue weighted by Crippen LogP contribution is 2.22. The van der Waals surface area contributed by atoms with Crippen LogP contribution in [0.5, 0.6) is 5.75 Å². The molecule has 25 heavy (non-hydrogen) atoms. The molecule has 0 heterocycles.